The number of carbonyl (C=O) groups excluding carboxylic acids is 1. The fraction of sp³-hybridized carbons (Fsp3) is 0.857. The smallest absolute Gasteiger partial charge is 0.407 e. The summed E-state index contributed by atoms with van der Waals surface area (Å²) >= 11 is 0. The third-order valence-electron chi connectivity index (χ3n) is 5.65. The highest BCUT2D eigenvalue weighted by atomic mass is 35.5. The van der Waals surface area contributed by atoms with Crippen molar-refractivity contribution in [3.8, 4) is 0 Å². The average Bonchev–Trinajstić information content (AvgIpc) is 2.71. The van der Waals surface area contributed by atoms with E-state index in [2.05, 4.69) is 5.32 Å². The fourth-order valence-electron chi connectivity index (χ4n) is 3.95. The van der Waals surface area contributed by atoms with Gasteiger partial charge in [-0.2, -0.15) is 0 Å². The Morgan fingerprint density at radius 2 is 1.37 bits per heavy atom. The lowest BCUT2D eigenvalue weighted by molar-refractivity contribution is -0.141. The van der Waals surface area contributed by atoms with Gasteiger partial charge in [0.15, 0.2) is 0 Å². The summed E-state index contributed by atoms with van der Waals surface area (Å²) in [6.45, 7) is 4.18. The van der Waals surface area contributed by atoms with Crippen LogP contribution in [0.4, 0.5) is 4.79 Å². The number of amides is 1. The quantitative estimate of drug-likeness (QED) is 0.462. The minimum atomic E-state index is -0.969. The van der Waals surface area contributed by atoms with Gasteiger partial charge in [0.2, 0.25) is 0 Å². The number of carboxylic acids is 2. The van der Waals surface area contributed by atoms with E-state index in [1.54, 1.807) is 0 Å². The molecule has 2 aliphatic rings. The Labute approximate surface area is 185 Å². The zero-order valence-corrected chi connectivity index (χ0v) is 19.0. The second kappa shape index (κ2) is 15.3. The van der Waals surface area contributed by atoms with E-state index in [1.165, 1.54) is 6.42 Å². The molecule has 0 aromatic carbocycles. The van der Waals surface area contributed by atoms with Crippen molar-refractivity contribution in [2.24, 2.45) is 23.5 Å². The van der Waals surface area contributed by atoms with Crippen molar-refractivity contribution in [3.05, 3.63) is 0 Å². The van der Waals surface area contributed by atoms with Gasteiger partial charge in [-0.25, -0.2) is 9.59 Å². The van der Waals surface area contributed by atoms with Crippen LogP contribution in [0.2, 0.25) is 0 Å². The van der Waals surface area contributed by atoms with Crippen LogP contribution >= 0.6 is 12.4 Å². The standard InChI is InChI=1S/C13H23NO4.C8H15NO2.ClH/c1-9(2)8-18-13(17)14-11(12(15)16)10-6-4-3-5-7-10;9-7(8(10)11)6-4-2-1-3-5-6;/h9-11H,3-8H2,1-2H3,(H,14,17)(H,15,16);6-7H,1-5,9H2,(H,10,11);1H/t11-;7-;/m00./s1. The Bertz CT molecular complexity index is 520. The Morgan fingerprint density at radius 1 is 0.900 bits per heavy atom. The highest BCUT2D eigenvalue weighted by Crippen LogP contribution is 2.27. The summed E-state index contributed by atoms with van der Waals surface area (Å²) in [6, 6.07) is -1.44. The van der Waals surface area contributed by atoms with Gasteiger partial charge >= 0.3 is 18.0 Å². The molecule has 2 saturated carbocycles. The minimum absolute atomic E-state index is 0. The van der Waals surface area contributed by atoms with Crippen LogP contribution in [-0.4, -0.2) is 46.9 Å². The van der Waals surface area contributed by atoms with Gasteiger partial charge in [-0.3, -0.25) is 4.79 Å². The van der Waals surface area contributed by atoms with E-state index in [9.17, 15) is 19.5 Å². The van der Waals surface area contributed by atoms with Gasteiger partial charge in [-0.15, -0.1) is 12.4 Å². The normalized spacial score (nSPS) is 19.5. The summed E-state index contributed by atoms with van der Waals surface area (Å²) < 4.78 is 4.96. The van der Waals surface area contributed by atoms with E-state index in [0.717, 1.165) is 57.8 Å². The van der Waals surface area contributed by atoms with Crippen LogP contribution < -0.4 is 11.1 Å². The van der Waals surface area contributed by atoms with E-state index in [-0.39, 0.29) is 30.2 Å². The second-order valence-corrected chi connectivity index (χ2v) is 8.61. The van der Waals surface area contributed by atoms with Crippen LogP contribution in [-0.2, 0) is 14.3 Å². The van der Waals surface area contributed by atoms with Crippen molar-refractivity contribution in [3.63, 3.8) is 0 Å². The maximum atomic E-state index is 11.5. The monoisotopic (exact) mass is 450 g/mol. The molecule has 0 saturated heterocycles. The molecule has 8 nitrogen and oxygen atoms in total. The molecule has 5 N–H and O–H groups in total. The average molecular weight is 451 g/mol. The minimum Gasteiger partial charge on any atom is -0.480 e. The molecule has 0 unspecified atom stereocenters. The molecule has 1 amide bonds. The highest BCUT2D eigenvalue weighted by molar-refractivity contribution is 5.85. The fourth-order valence-corrected chi connectivity index (χ4v) is 3.95. The number of nitrogens with two attached hydrogens (primary N) is 1. The lowest BCUT2D eigenvalue weighted by Crippen LogP contribution is -2.46. The number of ether oxygens (including phenoxy) is 1. The van der Waals surface area contributed by atoms with E-state index in [1.807, 2.05) is 13.8 Å². The molecule has 0 aliphatic heterocycles. The van der Waals surface area contributed by atoms with E-state index >= 15 is 0 Å². The summed E-state index contributed by atoms with van der Waals surface area (Å²) in [4.78, 5) is 33.2. The molecule has 0 bridgehead atoms. The molecular formula is C21H39ClN2O6. The van der Waals surface area contributed by atoms with Crippen LogP contribution in [0.3, 0.4) is 0 Å². The number of nitrogens with one attached hydrogen (secondary N) is 1. The molecular weight excluding hydrogens is 412 g/mol. The highest BCUT2D eigenvalue weighted by Gasteiger charge is 2.31. The third kappa shape index (κ3) is 11.0. The van der Waals surface area contributed by atoms with Gasteiger partial charge in [0, 0.05) is 0 Å². The van der Waals surface area contributed by atoms with Crippen molar-refractivity contribution in [2.75, 3.05) is 6.61 Å². The molecule has 0 spiro atoms. The predicted octanol–water partition coefficient (Wildman–Crippen LogP) is 3.80. The molecule has 30 heavy (non-hydrogen) atoms. The number of carboxylic acid groups (broad SMARTS) is 2. The lowest BCUT2D eigenvalue weighted by atomic mass is 9.84. The number of hydrogen-bond donors (Lipinski definition) is 4. The first-order valence-corrected chi connectivity index (χ1v) is 10.9. The first kappa shape index (κ1) is 28.5. The molecule has 0 aromatic rings. The number of hydrogen-bond acceptors (Lipinski definition) is 5. The Hall–Kier alpha value is -1.54. The maximum Gasteiger partial charge on any atom is 0.407 e. The van der Waals surface area contributed by atoms with E-state index in [0.29, 0.717) is 6.61 Å². The van der Waals surface area contributed by atoms with Crippen LogP contribution in [0.1, 0.15) is 78.1 Å². The van der Waals surface area contributed by atoms with Crippen LogP contribution in [0.25, 0.3) is 0 Å². The van der Waals surface area contributed by atoms with Crippen molar-refractivity contribution in [2.45, 2.75) is 90.1 Å². The number of alkyl carbamates (subject to hydrolysis) is 1. The largest absolute Gasteiger partial charge is 0.480 e. The topological polar surface area (TPSA) is 139 Å². The van der Waals surface area contributed by atoms with Crippen molar-refractivity contribution >= 4 is 30.4 Å². The Kier molecular flexibility index (Phi) is 14.5. The maximum absolute atomic E-state index is 11.5. The van der Waals surface area contributed by atoms with Crippen molar-refractivity contribution in [1.82, 2.24) is 5.32 Å². The number of carbonyl (C=O) groups is 3. The Morgan fingerprint density at radius 3 is 1.77 bits per heavy atom. The van der Waals surface area contributed by atoms with Crippen LogP contribution in [0, 0.1) is 17.8 Å². The molecule has 2 aliphatic carbocycles. The summed E-state index contributed by atoms with van der Waals surface area (Å²) in [5.41, 5.74) is 5.49. The lowest BCUT2D eigenvalue weighted by Gasteiger charge is -2.27. The summed E-state index contributed by atoms with van der Waals surface area (Å²) in [7, 11) is 0. The van der Waals surface area contributed by atoms with Gasteiger partial charge in [0.05, 0.1) is 6.61 Å². The zero-order chi connectivity index (χ0) is 21.8. The van der Waals surface area contributed by atoms with Gasteiger partial charge in [-0.1, -0.05) is 52.4 Å². The molecule has 0 aromatic heterocycles. The van der Waals surface area contributed by atoms with Crippen molar-refractivity contribution < 1.29 is 29.3 Å². The molecule has 0 radical (unpaired) electrons. The van der Waals surface area contributed by atoms with Crippen molar-refractivity contribution in [1.29, 1.82) is 0 Å². The predicted molar refractivity (Wildman–Crippen MR) is 117 cm³/mol. The molecule has 0 heterocycles. The van der Waals surface area contributed by atoms with Gasteiger partial charge < -0.3 is 26.0 Å². The molecule has 2 fully saturated rings. The van der Waals surface area contributed by atoms with Gasteiger partial charge in [-0.05, 0) is 43.4 Å². The van der Waals surface area contributed by atoms with Crippen LogP contribution in [0.5, 0.6) is 0 Å². The third-order valence-corrected chi connectivity index (χ3v) is 5.65. The molecule has 176 valence electrons. The van der Waals surface area contributed by atoms with E-state index < -0.39 is 30.1 Å². The number of rotatable bonds is 7. The zero-order valence-electron chi connectivity index (χ0n) is 18.2. The molecule has 2 rings (SSSR count). The summed E-state index contributed by atoms with van der Waals surface area (Å²) in [5, 5.41) is 20.3. The summed E-state index contributed by atoms with van der Waals surface area (Å²) in [5.74, 6) is -1.32. The van der Waals surface area contributed by atoms with Gasteiger partial charge in [0.1, 0.15) is 12.1 Å². The van der Waals surface area contributed by atoms with Gasteiger partial charge in [0.25, 0.3) is 0 Å². The van der Waals surface area contributed by atoms with Crippen LogP contribution in [0.15, 0.2) is 0 Å². The first-order chi connectivity index (χ1) is 13.7. The molecule has 9 heteroatoms. The number of aliphatic carboxylic acids is 2. The first-order valence-electron chi connectivity index (χ1n) is 10.9. The molecule has 2 atom stereocenters. The Balaban J connectivity index is 0.000000603. The SMILES string of the molecule is CC(C)COC(=O)N[C@H](C(=O)O)C1CCCCC1.Cl.N[C@H](C(=O)O)C1CCCCC1. The second-order valence-electron chi connectivity index (χ2n) is 8.61. The summed E-state index contributed by atoms with van der Waals surface area (Å²) in [6.07, 6.45) is 9.85. The van der Waals surface area contributed by atoms with E-state index in [4.69, 9.17) is 15.6 Å². The number of halogens is 1.